The quantitative estimate of drug-likeness (QED) is 0.877. The Balaban J connectivity index is 2.29. The Hall–Kier alpha value is -1.40. The van der Waals surface area contributed by atoms with Gasteiger partial charge in [-0.3, -0.25) is 14.5 Å². The van der Waals surface area contributed by atoms with Gasteiger partial charge in [0.2, 0.25) is 5.91 Å². The maximum absolute atomic E-state index is 11.3. The summed E-state index contributed by atoms with van der Waals surface area (Å²) >= 11 is 1.62. The van der Waals surface area contributed by atoms with Crippen molar-refractivity contribution in [1.29, 1.82) is 0 Å². The lowest BCUT2D eigenvalue weighted by atomic mass is 10.1. The molecule has 0 aromatic carbocycles. The number of thiazole rings is 1. The summed E-state index contributed by atoms with van der Waals surface area (Å²) in [4.78, 5) is 16.8. The molecule has 98 valence electrons. The number of nitrogens with zero attached hydrogens (tertiary/aromatic N) is 2. The fourth-order valence-electron chi connectivity index (χ4n) is 1.77. The molecule has 18 heavy (non-hydrogen) atoms. The molecule has 2 rings (SSSR count). The Kier molecular flexibility index (Phi) is 3.16. The lowest BCUT2D eigenvalue weighted by molar-refractivity contribution is -0.123. The van der Waals surface area contributed by atoms with Crippen LogP contribution in [-0.2, 0) is 11.3 Å². The summed E-state index contributed by atoms with van der Waals surface area (Å²) in [6.07, 6.45) is 0. The van der Waals surface area contributed by atoms with Crippen molar-refractivity contribution in [3.05, 3.63) is 22.5 Å². The van der Waals surface area contributed by atoms with Crippen molar-refractivity contribution in [2.45, 2.75) is 39.8 Å². The molecule has 5 nitrogen and oxygen atoms in total. The molecule has 2 aromatic heterocycles. The van der Waals surface area contributed by atoms with Gasteiger partial charge in [-0.15, -0.1) is 11.3 Å². The molecular formula is C12H18N4OS. The Morgan fingerprint density at radius 3 is 2.83 bits per heavy atom. The van der Waals surface area contributed by atoms with Crippen LogP contribution in [0.3, 0.4) is 0 Å². The predicted octanol–water partition coefficient (Wildman–Crippen LogP) is 1.37. The van der Waals surface area contributed by atoms with Gasteiger partial charge < -0.3 is 5.73 Å². The zero-order valence-corrected chi connectivity index (χ0v) is 11.9. The largest absolute Gasteiger partial charge is 0.368 e. The van der Waals surface area contributed by atoms with Gasteiger partial charge in [0.1, 0.15) is 0 Å². The summed E-state index contributed by atoms with van der Waals surface area (Å²) in [5.74, 6) is -0.358. The van der Waals surface area contributed by atoms with E-state index < -0.39 is 5.54 Å². The maximum atomic E-state index is 11.3. The highest BCUT2D eigenvalue weighted by Gasteiger charge is 2.25. The number of carbonyl (C=O) groups excluding carboxylic acids is 1. The van der Waals surface area contributed by atoms with E-state index in [0.29, 0.717) is 6.54 Å². The van der Waals surface area contributed by atoms with Gasteiger partial charge >= 0.3 is 0 Å². The van der Waals surface area contributed by atoms with Crippen LogP contribution in [0.25, 0.3) is 4.96 Å². The van der Waals surface area contributed by atoms with Gasteiger partial charge in [0.05, 0.1) is 16.9 Å². The van der Waals surface area contributed by atoms with Crippen LogP contribution in [0.5, 0.6) is 0 Å². The highest BCUT2D eigenvalue weighted by atomic mass is 32.1. The molecule has 0 atom stereocenters. The summed E-state index contributed by atoms with van der Waals surface area (Å²) < 4.78 is 2.12. The van der Waals surface area contributed by atoms with E-state index >= 15 is 0 Å². The minimum atomic E-state index is -0.722. The molecule has 6 heteroatoms. The van der Waals surface area contributed by atoms with E-state index in [1.807, 2.05) is 13.8 Å². The summed E-state index contributed by atoms with van der Waals surface area (Å²) in [6, 6.07) is 0. The second-order valence-electron chi connectivity index (χ2n) is 4.98. The van der Waals surface area contributed by atoms with E-state index in [1.165, 1.54) is 0 Å². The Morgan fingerprint density at radius 2 is 2.22 bits per heavy atom. The molecule has 2 aromatic rings. The zero-order chi connectivity index (χ0) is 13.5. The first kappa shape index (κ1) is 13.0. The third-order valence-corrected chi connectivity index (χ3v) is 4.09. The van der Waals surface area contributed by atoms with E-state index in [1.54, 1.807) is 25.2 Å². The number of rotatable bonds is 4. The van der Waals surface area contributed by atoms with E-state index in [0.717, 1.165) is 22.0 Å². The first-order valence-corrected chi connectivity index (χ1v) is 6.68. The third kappa shape index (κ3) is 2.13. The number of hydrogen-bond donors (Lipinski definition) is 2. The number of aryl methyl sites for hydroxylation is 2. The standard InChI is InChI=1S/C12H18N4OS/c1-7-6-18-11-15-8(2)9(16(7)11)5-14-12(3,4)10(13)17/h6,14H,5H2,1-4H3,(H2,13,17). The van der Waals surface area contributed by atoms with Gasteiger partial charge in [0, 0.05) is 17.6 Å². The molecule has 0 aliphatic heterocycles. The molecule has 0 aliphatic carbocycles. The maximum Gasteiger partial charge on any atom is 0.237 e. The molecule has 1 amide bonds. The monoisotopic (exact) mass is 266 g/mol. The van der Waals surface area contributed by atoms with E-state index in [-0.39, 0.29) is 5.91 Å². The van der Waals surface area contributed by atoms with Gasteiger partial charge in [-0.1, -0.05) is 0 Å². The van der Waals surface area contributed by atoms with Gasteiger partial charge in [-0.2, -0.15) is 0 Å². The van der Waals surface area contributed by atoms with E-state index in [4.69, 9.17) is 5.73 Å². The number of fused-ring (bicyclic) bond motifs is 1. The first-order valence-electron chi connectivity index (χ1n) is 5.80. The van der Waals surface area contributed by atoms with Crippen LogP contribution in [0.15, 0.2) is 5.38 Å². The molecule has 3 N–H and O–H groups in total. The van der Waals surface area contributed by atoms with Gasteiger partial charge in [0.15, 0.2) is 4.96 Å². The highest BCUT2D eigenvalue weighted by Crippen LogP contribution is 2.20. The molecule has 0 spiro atoms. The summed E-state index contributed by atoms with van der Waals surface area (Å²) in [7, 11) is 0. The number of nitrogens with one attached hydrogen (secondary N) is 1. The lowest BCUT2D eigenvalue weighted by Crippen LogP contribution is -2.50. The minimum absolute atomic E-state index is 0.358. The number of amides is 1. The van der Waals surface area contributed by atoms with Crippen LogP contribution < -0.4 is 11.1 Å². The van der Waals surface area contributed by atoms with Crippen LogP contribution in [-0.4, -0.2) is 20.8 Å². The van der Waals surface area contributed by atoms with Crippen LogP contribution in [0.2, 0.25) is 0 Å². The van der Waals surface area contributed by atoms with Crippen molar-refractivity contribution in [1.82, 2.24) is 14.7 Å². The average molecular weight is 266 g/mol. The second kappa shape index (κ2) is 4.37. The molecule has 0 saturated carbocycles. The molecule has 2 heterocycles. The van der Waals surface area contributed by atoms with Gasteiger partial charge in [0.25, 0.3) is 0 Å². The van der Waals surface area contributed by atoms with E-state index in [2.05, 4.69) is 20.1 Å². The van der Waals surface area contributed by atoms with Crippen LogP contribution in [0.4, 0.5) is 0 Å². The first-order chi connectivity index (χ1) is 8.33. The topological polar surface area (TPSA) is 72.4 Å². The normalized spacial score (nSPS) is 12.2. The fraction of sp³-hybridized carbons (Fsp3) is 0.500. The van der Waals surface area contributed by atoms with Crippen molar-refractivity contribution >= 4 is 22.2 Å². The molecular weight excluding hydrogens is 248 g/mol. The summed E-state index contributed by atoms with van der Waals surface area (Å²) in [6.45, 7) is 8.16. The molecule has 0 aliphatic rings. The predicted molar refractivity (Wildman–Crippen MR) is 72.7 cm³/mol. The number of primary amides is 1. The Bertz CT molecular complexity index is 597. The fourth-order valence-corrected chi connectivity index (χ4v) is 2.70. The van der Waals surface area contributed by atoms with Crippen molar-refractivity contribution < 1.29 is 4.79 Å². The van der Waals surface area contributed by atoms with E-state index in [9.17, 15) is 4.79 Å². The van der Waals surface area contributed by atoms with Crippen molar-refractivity contribution in [3.63, 3.8) is 0 Å². The summed E-state index contributed by atoms with van der Waals surface area (Å²) in [5, 5.41) is 5.25. The number of imidazole rings is 1. The van der Waals surface area contributed by atoms with Crippen molar-refractivity contribution in [3.8, 4) is 0 Å². The van der Waals surface area contributed by atoms with Crippen LogP contribution >= 0.6 is 11.3 Å². The number of nitrogens with two attached hydrogens (primary N) is 1. The molecule has 0 saturated heterocycles. The Morgan fingerprint density at radius 1 is 1.56 bits per heavy atom. The SMILES string of the molecule is Cc1nc2scc(C)n2c1CNC(C)(C)C(N)=O. The molecule has 0 fully saturated rings. The number of hydrogen-bond acceptors (Lipinski definition) is 4. The number of aromatic nitrogens is 2. The van der Waals surface area contributed by atoms with Crippen LogP contribution in [0, 0.1) is 13.8 Å². The lowest BCUT2D eigenvalue weighted by Gasteiger charge is -2.22. The van der Waals surface area contributed by atoms with Crippen molar-refractivity contribution in [2.24, 2.45) is 5.73 Å². The smallest absolute Gasteiger partial charge is 0.237 e. The minimum Gasteiger partial charge on any atom is -0.368 e. The summed E-state index contributed by atoms with van der Waals surface area (Å²) in [5.41, 5.74) is 7.85. The Labute approximate surface area is 110 Å². The number of carbonyl (C=O) groups is 1. The highest BCUT2D eigenvalue weighted by molar-refractivity contribution is 7.15. The second-order valence-corrected chi connectivity index (χ2v) is 5.82. The van der Waals surface area contributed by atoms with Gasteiger partial charge in [-0.25, -0.2) is 4.98 Å². The third-order valence-electron chi connectivity index (χ3n) is 3.14. The molecule has 0 unspecified atom stereocenters. The van der Waals surface area contributed by atoms with Crippen LogP contribution in [0.1, 0.15) is 30.9 Å². The van der Waals surface area contributed by atoms with Gasteiger partial charge in [-0.05, 0) is 27.7 Å². The average Bonchev–Trinajstić information content (AvgIpc) is 2.76. The van der Waals surface area contributed by atoms with Crippen molar-refractivity contribution in [2.75, 3.05) is 0 Å². The zero-order valence-electron chi connectivity index (χ0n) is 11.1. The molecule has 0 bridgehead atoms. The molecule has 0 radical (unpaired) electrons.